The topological polar surface area (TPSA) is 66.4 Å². The van der Waals surface area contributed by atoms with E-state index in [0.29, 0.717) is 10.0 Å². The first-order chi connectivity index (χ1) is 9.04. The minimum atomic E-state index is -0.997. The number of halogens is 1. The monoisotopic (exact) mass is 295 g/mol. The maximum atomic E-state index is 11.8. The minimum Gasteiger partial charge on any atom is -0.477 e. The highest BCUT2D eigenvalue weighted by Gasteiger charge is 2.09. The molecule has 0 bridgehead atoms. The van der Waals surface area contributed by atoms with Gasteiger partial charge in [-0.3, -0.25) is 4.79 Å². The second-order valence-corrected chi connectivity index (χ2v) is 5.34. The molecule has 4 nitrogen and oxygen atoms in total. The van der Waals surface area contributed by atoms with E-state index < -0.39 is 5.97 Å². The fourth-order valence-electron chi connectivity index (χ4n) is 1.49. The molecule has 0 saturated heterocycles. The van der Waals surface area contributed by atoms with Crippen molar-refractivity contribution < 1.29 is 14.7 Å². The van der Waals surface area contributed by atoms with Crippen LogP contribution in [0.3, 0.4) is 0 Å². The highest BCUT2D eigenvalue weighted by Crippen LogP contribution is 2.22. The van der Waals surface area contributed by atoms with Crippen molar-refractivity contribution in [2.45, 2.75) is 6.42 Å². The lowest BCUT2D eigenvalue weighted by atomic mass is 10.1. The number of anilines is 1. The molecule has 6 heteroatoms. The number of hydrogen-bond acceptors (Lipinski definition) is 3. The van der Waals surface area contributed by atoms with E-state index >= 15 is 0 Å². The van der Waals surface area contributed by atoms with Gasteiger partial charge in [-0.15, -0.1) is 11.3 Å². The summed E-state index contributed by atoms with van der Waals surface area (Å²) in [4.78, 5) is 22.7. The number of aromatic carboxylic acids is 1. The summed E-state index contributed by atoms with van der Waals surface area (Å²) < 4.78 is 0. The molecule has 0 aliphatic heterocycles. The van der Waals surface area contributed by atoms with Gasteiger partial charge in [-0.2, -0.15) is 0 Å². The summed E-state index contributed by atoms with van der Waals surface area (Å²) in [5.41, 5.74) is 0.844. The Morgan fingerprint density at radius 3 is 2.42 bits per heavy atom. The molecule has 0 atom stereocenters. The van der Waals surface area contributed by atoms with Crippen molar-refractivity contribution >= 4 is 39.8 Å². The molecule has 0 saturated carbocycles. The van der Waals surface area contributed by atoms with Crippen LogP contribution in [0.1, 0.15) is 15.2 Å². The van der Waals surface area contributed by atoms with Crippen LogP contribution in [0.15, 0.2) is 36.4 Å². The summed E-state index contributed by atoms with van der Waals surface area (Å²) in [7, 11) is 0. The molecule has 19 heavy (non-hydrogen) atoms. The van der Waals surface area contributed by atoms with Crippen LogP contribution in [0.4, 0.5) is 5.00 Å². The van der Waals surface area contributed by atoms with Gasteiger partial charge in [0.05, 0.1) is 11.4 Å². The molecule has 0 spiro atoms. The summed E-state index contributed by atoms with van der Waals surface area (Å²) in [5.74, 6) is -1.19. The van der Waals surface area contributed by atoms with Crippen molar-refractivity contribution in [3.8, 4) is 0 Å². The van der Waals surface area contributed by atoms with Crippen LogP contribution in [-0.4, -0.2) is 17.0 Å². The van der Waals surface area contributed by atoms with E-state index in [1.807, 2.05) is 0 Å². The fraction of sp³-hybridized carbons (Fsp3) is 0.0769. The maximum absolute atomic E-state index is 11.8. The summed E-state index contributed by atoms with van der Waals surface area (Å²) >= 11 is 6.79. The first kappa shape index (κ1) is 13.6. The van der Waals surface area contributed by atoms with E-state index in [2.05, 4.69) is 5.32 Å². The Morgan fingerprint density at radius 2 is 1.84 bits per heavy atom. The zero-order chi connectivity index (χ0) is 13.8. The second-order valence-electron chi connectivity index (χ2n) is 3.82. The van der Waals surface area contributed by atoms with Crippen molar-refractivity contribution in [3.63, 3.8) is 0 Å². The first-order valence-corrected chi connectivity index (χ1v) is 6.61. The van der Waals surface area contributed by atoms with Crippen LogP contribution in [-0.2, 0) is 11.2 Å². The number of thiophene rings is 1. The highest BCUT2D eigenvalue weighted by atomic mass is 35.5. The van der Waals surface area contributed by atoms with Crippen LogP contribution >= 0.6 is 22.9 Å². The Labute approximate surface area is 118 Å². The average Bonchev–Trinajstić information content (AvgIpc) is 2.80. The Morgan fingerprint density at radius 1 is 1.16 bits per heavy atom. The third-order valence-corrected chi connectivity index (χ3v) is 3.60. The van der Waals surface area contributed by atoms with Crippen molar-refractivity contribution in [2.75, 3.05) is 5.32 Å². The van der Waals surface area contributed by atoms with E-state index in [4.69, 9.17) is 16.7 Å². The van der Waals surface area contributed by atoms with Gasteiger partial charge < -0.3 is 10.4 Å². The smallest absolute Gasteiger partial charge is 0.345 e. The van der Waals surface area contributed by atoms with E-state index in [9.17, 15) is 9.59 Å². The van der Waals surface area contributed by atoms with Gasteiger partial charge in [-0.1, -0.05) is 23.7 Å². The molecule has 1 heterocycles. The van der Waals surface area contributed by atoms with Crippen molar-refractivity contribution in [1.29, 1.82) is 0 Å². The van der Waals surface area contributed by atoms with Gasteiger partial charge in [-0.25, -0.2) is 4.79 Å². The summed E-state index contributed by atoms with van der Waals surface area (Å²) in [6, 6.07) is 10.0. The summed E-state index contributed by atoms with van der Waals surface area (Å²) in [6.07, 6.45) is 0.220. The molecular formula is C13H10ClNO3S. The average molecular weight is 296 g/mol. The van der Waals surface area contributed by atoms with Gasteiger partial charge in [0.1, 0.15) is 4.88 Å². The maximum Gasteiger partial charge on any atom is 0.345 e. The zero-order valence-corrected chi connectivity index (χ0v) is 11.3. The first-order valence-electron chi connectivity index (χ1n) is 5.42. The molecule has 0 unspecified atom stereocenters. The number of carboxylic acids is 1. The lowest BCUT2D eigenvalue weighted by Crippen LogP contribution is -2.13. The number of carbonyl (C=O) groups is 2. The Bertz CT molecular complexity index is 607. The molecule has 0 aliphatic rings. The molecule has 0 fully saturated rings. The van der Waals surface area contributed by atoms with Crippen LogP contribution < -0.4 is 5.32 Å². The number of carbonyl (C=O) groups excluding carboxylic acids is 1. The fourth-order valence-corrected chi connectivity index (χ4v) is 2.38. The van der Waals surface area contributed by atoms with Gasteiger partial charge in [0.2, 0.25) is 5.91 Å². The molecule has 2 rings (SSSR count). The van der Waals surface area contributed by atoms with E-state index in [-0.39, 0.29) is 17.2 Å². The Hall–Kier alpha value is -1.85. The minimum absolute atomic E-state index is 0.193. The number of nitrogens with one attached hydrogen (secondary N) is 1. The van der Waals surface area contributed by atoms with Crippen LogP contribution in [0.25, 0.3) is 0 Å². The molecule has 2 aromatic rings. The zero-order valence-electron chi connectivity index (χ0n) is 9.72. The van der Waals surface area contributed by atoms with Crippen LogP contribution in [0.5, 0.6) is 0 Å². The highest BCUT2D eigenvalue weighted by molar-refractivity contribution is 7.18. The third-order valence-electron chi connectivity index (χ3n) is 2.36. The molecule has 98 valence electrons. The van der Waals surface area contributed by atoms with Gasteiger partial charge in [-0.05, 0) is 29.8 Å². The Balaban J connectivity index is 1.97. The molecule has 0 aliphatic carbocycles. The number of hydrogen-bond donors (Lipinski definition) is 2. The lowest BCUT2D eigenvalue weighted by molar-refractivity contribution is -0.115. The van der Waals surface area contributed by atoms with Crippen LogP contribution in [0.2, 0.25) is 5.02 Å². The predicted octanol–water partition coefficient (Wildman–Crippen LogP) is 3.28. The van der Waals surface area contributed by atoms with Crippen molar-refractivity contribution in [1.82, 2.24) is 0 Å². The van der Waals surface area contributed by atoms with Gasteiger partial charge in [0.25, 0.3) is 0 Å². The number of carboxylic acid groups (broad SMARTS) is 1. The number of benzene rings is 1. The van der Waals surface area contributed by atoms with Gasteiger partial charge in [0, 0.05) is 5.02 Å². The molecular weight excluding hydrogens is 286 g/mol. The van der Waals surface area contributed by atoms with Crippen LogP contribution in [0, 0.1) is 0 Å². The predicted molar refractivity (Wildman–Crippen MR) is 75.1 cm³/mol. The standard InChI is InChI=1S/C13H10ClNO3S/c14-9-3-1-8(2-4-9)7-11(16)15-12-6-5-10(19-12)13(17)18/h1-6H,7H2,(H,15,16)(H,17,18). The second kappa shape index (κ2) is 5.86. The van der Waals surface area contributed by atoms with E-state index in [1.165, 1.54) is 6.07 Å². The van der Waals surface area contributed by atoms with E-state index in [1.54, 1.807) is 30.3 Å². The quantitative estimate of drug-likeness (QED) is 0.909. The summed E-state index contributed by atoms with van der Waals surface area (Å²) in [5, 5.41) is 12.6. The molecule has 1 amide bonds. The lowest BCUT2D eigenvalue weighted by Gasteiger charge is -2.02. The molecule has 1 aromatic carbocycles. The Kier molecular flexibility index (Phi) is 4.19. The normalized spacial score (nSPS) is 10.2. The van der Waals surface area contributed by atoms with E-state index in [0.717, 1.165) is 16.9 Å². The molecule has 2 N–H and O–H groups in total. The van der Waals surface area contributed by atoms with Gasteiger partial charge in [0.15, 0.2) is 0 Å². The van der Waals surface area contributed by atoms with Crippen molar-refractivity contribution in [3.05, 3.63) is 51.9 Å². The SMILES string of the molecule is O=C(Cc1ccc(Cl)cc1)Nc1ccc(C(=O)O)s1. The summed E-state index contributed by atoms with van der Waals surface area (Å²) in [6.45, 7) is 0. The van der Waals surface area contributed by atoms with Gasteiger partial charge >= 0.3 is 5.97 Å². The molecule has 1 aromatic heterocycles. The van der Waals surface area contributed by atoms with Crippen molar-refractivity contribution in [2.24, 2.45) is 0 Å². The largest absolute Gasteiger partial charge is 0.477 e. The third kappa shape index (κ3) is 3.81. The number of amides is 1. The number of rotatable bonds is 4. The molecule has 0 radical (unpaired) electrons.